The third kappa shape index (κ3) is 3.34. The van der Waals surface area contributed by atoms with Gasteiger partial charge in [0.25, 0.3) is 0 Å². The van der Waals surface area contributed by atoms with Crippen LogP contribution in [0.15, 0.2) is 6.07 Å². The van der Waals surface area contributed by atoms with E-state index in [4.69, 9.17) is 11.6 Å². The van der Waals surface area contributed by atoms with Crippen molar-refractivity contribution in [1.29, 1.82) is 0 Å². The zero-order valence-electron chi connectivity index (χ0n) is 9.79. The van der Waals surface area contributed by atoms with Gasteiger partial charge in [0.1, 0.15) is 16.8 Å². The summed E-state index contributed by atoms with van der Waals surface area (Å²) in [6.45, 7) is 6.23. The lowest BCUT2D eigenvalue weighted by molar-refractivity contribution is 0.610. The molecule has 0 fully saturated rings. The standard InChI is InChI=1S/C11H18ClN3/c1-5-6-8(2)15(4)11-7-10(12)13-9(3)14-11/h7-8H,5-6H2,1-4H3. The Balaban J connectivity index is 2.85. The average molecular weight is 228 g/mol. The van der Waals surface area contributed by atoms with Gasteiger partial charge >= 0.3 is 0 Å². The fourth-order valence-electron chi connectivity index (χ4n) is 1.53. The molecule has 1 heterocycles. The number of aryl methyl sites for hydroxylation is 1. The molecule has 1 unspecified atom stereocenters. The summed E-state index contributed by atoms with van der Waals surface area (Å²) in [6, 6.07) is 2.28. The third-order valence-electron chi connectivity index (χ3n) is 2.52. The zero-order valence-corrected chi connectivity index (χ0v) is 10.5. The van der Waals surface area contributed by atoms with Crippen molar-refractivity contribution in [1.82, 2.24) is 9.97 Å². The van der Waals surface area contributed by atoms with E-state index in [9.17, 15) is 0 Å². The number of aromatic nitrogens is 2. The highest BCUT2D eigenvalue weighted by Gasteiger charge is 2.11. The second-order valence-electron chi connectivity index (χ2n) is 3.84. The van der Waals surface area contributed by atoms with Gasteiger partial charge in [0.05, 0.1) is 0 Å². The first-order valence-electron chi connectivity index (χ1n) is 5.28. The van der Waals surface area contributed by atoms with E-state index in [1.54, 1.807) is 6.07 Å². The topological polar surface area (TPSA) is 29.0 Å². The summed E-state index contributed by atoms with van der Waals surface area (Å²) in [5, 5.41) is 0.507. The molecule has 0 N–H and O–H groups in total. The molecule has 0 saturated heterocycles. The molecule has 0 spiro atoms. The van der Waals surface area contributed by atoms with Crippen molar-refractivity contribution in [3.05, 3.63) is 17.0 Å². The number of hydrogen-bond acceptors (Lipinski definition) is 3. The van der Waals surface area contributed by atoms with Crippen LogP contribution in [0.25, 0.3) is 0 Å². The van der Waals surface area contributed by atoms with Gasteiger partial charge in [-0.3, -0.25) is 0 Å². The van der Waals surface area contributed by atoms with Gasteiger partial charge in [-0.2, -0.15) is 0 Å². The second kappa shape index (κ2) is 5.31. The molecule has 0 aliphatic rings. The lowest BCUT2D eigenvalue weighted by Gasteiger charge is -2.25. The summed E-state index contributed by atoms with van der Waals surface area (Å²) in [5.74, 6) is 1.61. The van der Waals surface area contributed by atoms with E-state index in [1.807, 2.05) is 14.0 Å². The predicted octanol–water partition coefficient (Wildman–Crippen LogP) is 3.06. The summed E-state index contributed by atoms with van der Waals surface area (Å²) < 4.78 is 0. The van der Waals surface area contributed by atoms with Crippen molar-refractivity contribution >= 4 is 17.4 Å². The van der Waals surface area contributed by atoms with Crippen molar-refractivity contribution in [2.45, 2.75) is 39.7 Å². The molecule has 0 saturated carbocycles. The van der Waals surface area contributed by atoms with Crippen LogP contribution in [0.2, 0.25) is 5.15 Å². The minimum absolute atomic E-state index is 0.473. The Morgan fingerprint density at radius 1 is 1.47 bits per heavy atom. The smallest absolute Gasteiger partial charge is 0.134 e. The van der Waals surface area contributed by atoms with Gasteiger partial charge in [-0.1, -0.05) is 24.9 Å². The maximum absolute atomic E-state index is 5.90. The van der Waals surface area contributed by atoms with Gasteiger partial charge in [0, 0.05) is 19.2 Å². The van der Waals surface area contributed by atoms with Gasteiger partial charge in [-0.05, 0) is 20.3 Å². The maximum atomic E-state index is 5.90. The number of rotatable bonds is 4. The summed E-state index contributed by atoms with van der Waals surface area (Å²) in [7, 11) is 2.04. The lowest BCUT2D eigenvalue weighted by atomic mass is 10.2. The van der Waals surface area contributed by atoms with Crippen LogP contribution in [-0.2, 0) is 0 Å². The Hall–Kier alpha value is -0.830. The van der Waals surface area contributed by atoms with Gasteiger partial charge in [0.2, 0.25) is 0 Å². The SMILES string of the molecule is CCCC(C)N(C)c1cc(Cl)nc(C)n1. The number of nitrogens with zero attached hydrogens (tertiary/aromatic N) is 3. The summed E-state index contributed by atoms with van der Waals surface area (Å²) >= 11 is 5.90. The Morgan fingerprint density at radius 2 is 2.13 bits per heavy atom. The van der Waals surface area contributed by atoms with Crippen molar-refractivity contribution in [2.75, 3.05) is 11.9 Å². The van der Waals surface area contributed by atoms with Gasteiger partial charge < -0.3 is 4.90 Å². The van der Waals surface area contributed by atoms with Crippen LogP contribution in [0, 0.1) is 6.92 Å². The Bertz CT molecular complexity index is 307. The Morgan fingerprint density at radius 3 is 2.67 bits per heavy atom. The fourth-order valence-corrected chi connectivity index (χ4v) is 1.75. The molecule has 0 amide bonds. The third-order valence-corrected chi connectivity index (χ3v) is 2.72. The molecular weight excluding hydrogens is 210 g/mol. The normalized spacial score (nSPS) is 12.6. The second-order valence-corrected chi connectivity index (χ2v) is 4.23. The fraction of sp³-hybridized carbons (Fsp3) is 0.636. The lowest BCUT2D eigenvalue weighted by Crippen LogP contribution is -2.29. The first-order chi connectivity index (χ1) is 7.04. The number of anilines is 1. The molecule has 3 nitrogen and oxygen atoms in total. The van der Waals surface area contributed by atoms with E-state index in [1.165, 1.54) is 6.42 Å². The molecule has 4 heteroatoms. The van der Waals surface area contributed by atoms with Gasteiger partial charge in [0.15, 0.2) is 0 Å². The minimum Gasteiger partial charge on any atom is -0.357 e. The molecule has 1 atom stereocenters. The molecule has 0 aliphatic heterocycles. The molecule has 1 rings (SSSR count). The van der Waals surface area contributed by atoms with Crippen molar-refractivity contribution in [3.63, 3.8) is 0 Å². The van der Waals surface area contributed by atoms with Crippen LogP contribution in [0.3, 0.4) is 0 Å². The molecule has 84 valence electrons. The van der Waals surface area contributed by atoms with E-state index < -0.39 is 0 Å². The molecule has 1 aromatic heterocycles. The van der Waals surface area contributed by atoms with E-state index in [2.05, 4.69) is 28.7 Å². The number of hydrogen-bond donors (Lipinski definition) is 0. The van der Waals surface area contributed by atoms with Crippen LogP contribution < -0.4 is 4.90 Å². The van der Waals surface area contributed by atoms with Crippen molar-refractivity contribution in [3.8, 4) is 0 Å². The van der Waals surface area contributed by atoms with Gasteiger partial charge in [-0.25, -0.2) is 9.97 Å². The summed E-state index contributed by atoms with van der Waals surface area (Å²) in [5.41, 5.74) is 0. The van der Waals surface area contributed by atoms with E-state index in [-0.39, 0.29) is 0 Å². The minimum atomic E-state index is 0.473. The van der Waals surface area contributed by atoms with Crippen LogP contribution >= 0.6 is 11.6 Å². The summed E-state index contributed by atoms with van der Waals surface area (Å²) in [4.78, 5) is 10.6. The van der Waals surface area contributed by atoms with Gasteiger partial charge in [-0.15, -0.1) is 0 Å². The molecule has 0 radical (unpaired) electrons. The highest BCUT2D eigenvalue weighted by molar-refractivity contribution is 6.29. The number of halogens is 1. The Labute approximate surface area is 96.5 Å². The van der Waals surface area contributed by atoms with Crippen LogP contribution in [-0.4, -0.2) is 23.1 Å². The van der Waals surface area contributed by atoms with Crippen molar-refractivity contribution in [2.24, 2.45) is 0 Å². The van der Waals surface area contributed by atoms with Crippen molar-refractivity contribution < 1.29 is 0 Å². The molecule has 0 aliphatic carbocycles. The predicted molar refractivity (Wildman–Crippen MR) is 64.6 cm³/mol. The van der Waals surface area contributed by atoms with Crippen LogP contribution in [0.1, 0.15) is 32.5 Å². The molecule has 15 heavy (non-hydrogen) atoms. The van der Waals surface area contributed by atoms with E-state index in [0.29, 0.717) is 17.0 Å². The zero-order chi connectivity index (χ0) is 11.4. The highest BCUT2D eigenvalue weighted by atomic mass is 35.5. The maximum Gasteiger partial charge on any atom is 0.134 e. The highest BCUT2D eigenvalue weighted by Crippen LogP contribution is 2.18. The van der Waals surface area contributed by atoms with Crippen LogP contribution in [0.5, 0.6) is 0 Å². The van der Waals surface area contributed by atoms with E-state index in [0.717, 1.165) is 12.2 Å². The molecular formula is C11H18ClN3. The summed E-state index contributed by atoms with van der Waals surface area (Å²) in [6.07, 6.45) is 2.32. The Kier molecular flexibility index (Phi) is 4.33. The monoisotopic (exact) mass is 227 g/mol. The first-order valence-corrected chi connectivity index (χ1v) is 5.66. The first kappa shape index (κ1) is 12.2. The van der Waals surface area contributed by atoms with Crippen LogP contribution in [0.4, 0.5) is 5.82 Å². The molecule has 1 aromatic rings. The average Bonchev–Trinajstić information content (AvgIpc) is 2.15. The van der Waals surface area contributed by atoms with E-state index >= 15 is 0 Å². The quantitative estimate of drug-likeness (QED) is 0.741. The molecule has 0 bridgehead atoms. The largest absolute Gasteiger partial charge is 0.357 e. The molecule has 0 aromatic carbocycles.